The maximum Gasteiger partial charge on any atom is 0.201 e. The number of hydrogen-bond donors (Lipinski definition) is 1. The molecule has 92 valence electrons. The molecule has 1 aromatic heterocycles. The van der Waals surface area contributed by atoms with Crippen molar-refractivity contribution < 1.29 is 4.39 Å². The molecule has 0 bridgehead atoms. The van der Waals surface area contributed by atoms with Crippen LogP contribution in [0.5, 0.6) is 0 Å². The summed E-state index contributed by atoms with van der Waals surface area (Å²) in [6, 6.07) is 3.28. The lowest BCUT2D eigenvalue weighted by molar-refractivity contribution is 0.614. The number of nitrogens with two attached hydrogens (primary N) is 1. The third-order valence-electron chi connectivity index (χ3n) is 3.04. The Balaban J connectivity index is 2.40. The minimum Gasteiger partial charge on any atom is -0.369 e. The molecule has 0 aliphatic carbocycles. The average Bonchev–Trinajstić information content (AvgIpc) is 2.57. The van der Waals surface area contributed by atoms with Crippen LogP contribution in [0.15, 0.2) is 12.1 Å². The molecule has 0 fully saturated rings. The van der Waals surface area contributed by atoms with E-state index in [2.05, 4.69) is 11.9 Å². The zero-order valence-corrected chi connectivity index (χ0v) is 10.3. The molecule has 0 unspecified atom stereocenters. The monoisotopic (exact) mass is 235 g/mol. The van der Waals surface area contributed by atoms with Gasteiger partial charge in [-0.2, -0.15) is 0 Å². The van der Waals surface area contributed by atoms with E-state index in [0.717, 1.165) is 18.5 Å². The minimum atomic E-state index is -0.226. The fourth-order valence-corrected chi connectivity index (χ4v) is 2.02. The van der Waals surface area contributed by atoms with Gasteiger partial charge in [-0.1, -0.05) is 19.8 Å². The molecule has 0 spiro atoms. The highest BCUT2D eigenvalue weighted by Gasteiger charge is 2.10. The molecule has 1 heterocycles. The molecule has 0 saturated heterocycles. The van der Waals surface area contributed by atoms with E-state index in [1.54, 1.807) is 6.92 Å². The number of aryl methyl sites for hydroxylation is 2. The number of nitrogen functional groups attached to an aromatic ring is 1. The first-order valence-corrected chi connectivity index (χ1v) is 6.05. The molecule has 1 aromatic carbocycles. The summed E-state index contributed by atoms with van der Waals surface area (Å²) in [6.45, 7) is 4.77. The van der Waals surface area contributed by atoms with Crippen LogP contribution in [0.4, 0.5) is 10.3 Å². The van der Waals surface area contributed by atoms with Crippen molar-refractivity contribution in [1.82, 2.24) is 9.55 Å². The summed E-state index contributed by atoms with van der Waals surface area (Å²) in [5, 5.41) is 0. The first-order valence-electron chi connectivity index (χ1n) is 6.05. The number of nitrogens with zero attached hydrogens (tertiary/aromatic N) is 2. The topological polar surface area (TPSA) is 43.8 Å². The molecule has 0 aliphatic rings. The van der Waals surface area contributed by atoms with E-state index in [0.29, 0.717) is 17.0 Å². The van der Waals surface area contributed by atoms with Crippen LogP contribution < -0.4 is 5.73 Å². The van der Waals surface area contributed by atoms with Gasteiger partial charge in [-0.25, -0.2) is 9.37 Å². The lowest BCUT2D eigenvalue weighted by atomic mass is 10.2. The van der Waals surface area contributed by atoms with Crippen LogP contribution in [0.3, 0.4) is 0 Å². The Hall–Kier alpha value is -1.58. The van der Waals surface area contributed by atoms with Gasteiger partial charge in [0, 0.05) is 12.6 Å². The molecular weight excluding hydrogens is 217 g/mol. The van der Waals surface area contributed by atoms with E-state index in [9.17, 15) is 4.39 Å². The predicted octanol–water partition coefficient (Wildman–Crippen LogP) is 3.26. The fourth-order valence-electron chi connectivity index (χ4n) is 2.02. The Bertz CT molecular complexity index is 531. The van der Waals surface area contributed by atoms with Crippen LogP contribution in [0, 0.1) is 12.7 Å². The van der Waals surface area contributed by atoms with Gasteiger partial charge in [-0.05, 0) is 25.0 Å². The number of anilines is 1. The molecule has 0 amide bonds. The number of fused-ring (bicyclic) bond motifs is 1. The zero-order valence-electron chi connectivity index (χ0n) is 10.3. The van der Waals surface area contributed by atoms with Crippen molar-refractivity contribution in [3.8, 4) is 0 Å². The van der Waals surface area contributed by atoms with Crippen LogP contribution in [-0.4, -0.2) is 9.55 Å². The summed E-state index contributed by atoms with van der Waals surface area (Å²) in [6.07, 6.45) is 3.40. The molecule has 0 saturated carbocycles. The Labute approximate surface area is 100 Å². The van der Waals surface area contributed by atoms with E-state index in [-0.39, 0.29) is 5.82 Å². The van der Waals surface area contributed by atoms with Gasteiger partial charge in [0.1, 0.15) is 5.82 Å². The maximum absolute atomic E-state index is 13.4. The van der Waals surface area contributed by atoms with Crippen molar-refractivity contribution in [3.63, 3.8) is 0 Å². The summed E-state index contributed by atoms with van der Waals surface area (Å²) in [5.41, 5.74) is 8.07. The summed E-state index contributed by atoms with van der Waals surface area (Å²) in [4.78, 5) is 4.19. The Morgan fingerprint density at radius 3 is 2.82 bits per heavy atom. The first-order chi connectivity index (χ1) is 8.13. The van der Waals surface area contributed by atoms with Gasteiger partial charge >= 0.3 is 0 Å². The first kappa shape index (κ1) is 11.9. The molecule has 0 radical (unpaired) electrons. The number of aromatic nitrogens is 2. The van der Waals surface area contributed by atoms with Crippen LogP contribution in [-0.2, 0) is 6.54 Å². The van der Waals surface area contributed by atoms with Gasteiger partial charge in [0.2, 0.25) is 5.95 Å². The Kier molecular flexibility index (Phi) is 3.31. The number of hydrogen-bond acceptors (Lipinski definition) is 2. The number of imidazole rings is 1. The molecule has 2 N–H and O–H groups in total. The Morgan fingerprint density at radius 2 is 2.12 bits per heavy atom. The minimum absolute atomic E-state index is 0.226. The molecule has 0 aliphatic heterocycles. The van der Waals surface area contributed by atoms with Crippen LogP contribution in [0.25, 0.3) is 11.0 Å². The van der Waals surface area contributed by atoms with Gasteiger partial charge in [-0.15, -0.1) is 0 Å². The van der Waals surface area contributed by atoms with Crippen molar-refractivity contribution in [2.45, 2.75) is 39.7 Å². The molecule has 17 heavy (non-hydrogen) atoms. The average molecular weight is 235 g/mol. The number of halogens is 1. The normalized spacial score (nSPS) is 11.2. The van der Waals surface area contributed by atoms with Crippen LogP contribution in [0.1, 0.15) is 31.7 Å². The van der Waals surface area contributed by atoms with Gasteiger partial charge in [0.15, 0.2) is 0 Å². The van der Waals surface area contributed by atoms with Gasteiger partial charge in [0.25, 0.3) is 0 Å². The van der Waals surface area contributed by atoms with E-state index in [1.807, 2.05) is 10.6 Å². The third-order valence-corrected chi connectivity index (χ3v) is 3.04. The van der Waals surface area contributed by atoms with Gasteiger partial charge in [-0.3, -0.25) is 0 Å². The van der Waals surface area contributed by atoms with Crippen molar-refractivity contribution >= 4 is 17.0 Å². The van der Waals surface area contributed by atoms with Gasteiger partial charge in [0.05, 0.1) is 11.0 Å². The SMILES string of the molecule is CCCCCn1c(N)nc2cc(F)c(C)cc21. The van der Waals surface area contributed by atoms with E-state index < -0.39 is 0 Å². The maximum atomic E-state index is 13.4. The summed E-state index contributed by atoms with van der Waals surface area (Å²) < 4.78 is 15.4. The van der Waals surface area contributed by atoms with E-state index in [1.165, 1.54) is 18.9 Å². The lowest BCUT2D eigenvalue weighted by Crippen LogP contribution is -2.03. The number of rotatable bonds is 4. The standard InChI is InChI=1S/C13H18FN3/c1-3-4-5-6-17-12-7-9(2)10(14)8-11(12)16-13(17)15/h7-8H,3-6H2,1-2H3,(H2,15,16). The number of benzene rings is 1. The van der Waals surface area contributed by atoms with Crippen molar-refractivity contribution in [2.24, 2.45) is 0 Å². The van der Waals surface area contributed by atoms with Crippen LogP contribution in [0.2, 0.25) is 0 Å². The molecule has 2 rings (SSSR count). The highest BCUT2D eigenvalue weighted by atomic mass is 19.1. The fraction of sp³-hybridized carbons (Fsp3) is 0.462. The van der Waals surface area contributed by atoms with Crippen molar-refractivity contribution in [3.05, 3.63) is 23.5 Å². The van der Waals surface area contributed by atoms with E-state index in [4.69, 9.17) is 5.73 Å². The second-order valence-corrected chi connectivity index (χ2v) is 4.42. The molecule has 3 nitrogen and oxygen atoms in total. The second kappa shape index (κ2) is 4.73. The van der Waals surface area contributed by atoms with Gasteiger partial charge < -0.3 is 10.3 Å². The van der Waals surface area contributed by atoms with E-state index >= 15 is 0 Å². The molecule has 4 heteroatoms. The quantitative estimate of drug-likeness (QED) is 0.827. The lowest BCUT2D eigenvalue weighted by Gasteiger charge is -2.06. The smallest absolute Gasteiger partial charge is 0.201 e. The zero-order chi connectivity index (χ0) is 12.4. The number of unbranched alkanes of at least 4 members (excludes halogenated alkanes) is 2. The summed E-state index contributed by atoms with van der Waals surface area (Å²) in [7, 11) is 0. The second-order valence-electron chi connectivity index (χ2n) is 4.42. The van der Waals surface area contributed by atoms with Crippen molar-refractivity contribution in [1.29, 1.82) is 0 Å². The molecule has 2 aromatic rings. The predicted molar refractivity (Wildman–Crippen MR) is 68.4 cm³/mol. The van der Waals surface area contributed by atoms with Crippen LogP contribution >= 0.6 is 0 Å². The Morgan fingerprint density at radius 1 is 1.35 bits per heavy atom. The third kappa shape index (κ3) is 2.25. The summed E-state index contributed by atoms with van der Waals surface area (Å²) >= 11 is 0. The highest BCUT2D eigenvalue weighted by Crippen LogP contribution is 2.22. The van der Waals surface area contributed by atoms with Crippen molar-refractivity contribution in [2.75, 3.05) is 5.73 Å². The molecular formula is C13H18FN3. The summed E-state index contributed by atoms with van der Waals surface area (Å²) in [5.74, 6) is 0.247. The largest absolute Gasteiger partial charge is 0.369 e. The molecule has 0 atom stereocenters. The highest BCUT2D eigenvalue weighted by molar-refractivity contribution is 5.79.